The molecule has 0 fully saturated rings. The molecule has 0 aliphatic carbocycles. The summed E-state index contributed by atoms with van der Waals surface area (Å²) in [5.41, 5.74) is 3.22. The first-order valence-electron chi connectivity index (χ1n) is 5.05. The normalized spacial score (nSPS) is 9.62. The molecule has 2 rings (SSSR count). The van der Waals surface area contributed by atoms with Gasteiger partial charge in [0.25, 0.3) is 0 Å². The molecule has 1 aromatic carbocycles. The highest BCUT2D eigenvalue weighted by atomic mass is 16.1. The first-order valence-corrected chi connectivity index (χ1v) is 5.05. The molecule has 16 heavy (non-hydrogen) atoms. The van der Waals surface area contributed by atoms with Crippen molar-refractivity contribution in [3.8, 4) is 0 Å². The van der Waals surface area contributed by atoms with Crippen molar-refractivity contribution in [2.45, 2.75) is 13.8 Å². The van der Waals surface area contributed by atoms with Gasteiger partial charge >= 0.3 is 0 Å². The zero-order valence-electron chi connectivity index (χ0n) is 9.24. The summed E-state index contributed by atoms with van der Waals surface area (Å²) in [4.78, 5) is 16.1. The van der Waals surface area contributed by atoms with Crippen molar-refractivity contribution in [2.24, 2.45) is 0 Å². The highest BCUT2D eigenvalue weighted by Gasteiger charge is 2.12. The van der Waals surface area contributed by atoms with Crippen molar-refractivity contribution in [3.05, 3.63) is 65.0 Å². The van der Waals surface area contributed by atoms with Crippen LogP contribution in [0.25, 0.3) is 0 Å². The molecule has 0 aliphatic heterocycles. The average molecular weight is 209 g/mol. The zero-order chi connectivity index (χ0) is 11.5. The monoisotopic (exact) mass is 209 g/mol. The van der Waals surface area contributed by atoms with Crippen molar-refractivity contribution < 1.29 is 4.79 Å². The molecule has 0 N–H and O–H groups in total. The number of benzene rings is 1. The van der Waals surface area contributed by atoms with E-state index in [0.29, 0.717) is 11.3 Å². The Kier molecular flexibility index (Phi) is 2.70. The van der Waals surface area contributed by atoms with Gasteiger partial charge in [-0.2, -0.15) is 0 Å². The van der Waals surface area contributed by atoms with Gasteiger partial charge in [0.1, 0.15) is 5.69 Å². The molecule has 2 heteroatoms. The van der Waals surface area contributed by atoms with E-state index in [1.165, 1.54) is 6.20 Å². The second kappa shape index (κ2) is 4.16. The van der Waals surface area contributed by atoms with E-state index in [-0.39, 0.29) is 5.78 Å². The maximum atomic E-state index is 12.1. The molecule has 2 nitrogen and oxygen atoms in total. The van der Waals surface area contributed by atoms with Crippen LogP contribution in [-0.2, 0) is 0 Å². The lowest BCUT2D eigenvalue weighted by atomic mass is 9.99. The Hall–Kier alpha value is -2.14. The van der Waals surface area contributed by atoms with Gasteiger partial charge in [-0.1, -0.05) is 24.3 Å². The summed E-state index contributed by atoms with van der Waals surface area (Å²) in [6.45, 7) is 3.94. The third-order valence-electron chi connectivity index (χ3n) is 2.64. The highest BCUT2D eigenvalue weighted by Crippen LogP contribution is 2.15. The quantitative estimate of drug-likeness (QED) is 0.711. The van der Waals surface area contributed by atoms with E-state index in [9.17, 15) is 4.79 Å². The van der Waals surface area contributed by atoms with Crippen LogP contribution in [0.5, 0.6) is 0 Å². The molecule has 78 valence electrons. The minimum Gasteiger partial charge on any atom is -0.287 e. The van der Waals surface area contributed by atoms with Crippen LogP contribution in [0.1, 0.15) is 27.2 Å². The molecule has 0 unspecified atom stereocenters. The molecule has 0 aliphatic rings. The molecule has 0 saturated carbocycles. The summed E-state index contributed by atoms with van der Waals surface area (Å²) >= 11 is 0. The Morgan fingerprint density at radius 1 is 1.25 bits per heavy atom. The molecule has 0 amide bonds. The van der Waals surface area contributed by atoms with Crippen molar-refractivity contribution in [2.75, 3.05) is 0 Å². The first kappa shape index (κ1) is 10.4. The minimum atomic E-state index is -0.0635. The van der Waals surface area contributed by atoms with Gasteiger partial charge in [0, 0.05) is 11.6 Å². The maximum absolute atomic E-state index is 12.1. The number of rotatable bonds is 2. The molecular formula is C14H11NO. The number of carbonyl (C=O) groups is 1. The number of aromatic nitrogens is 1. The lowest BCUT2D eigenvalue weighted by Gasteiger charge is -2.06. The van der Waals surface area contributed by atoms with Gasteiger partial charge in [0.05, 0.1) is 6.20 Å². The van der Waals surface area contributed by atoms with Crippen LogP contribution >= 0.6 is 0 Å². The van der Waals surface area contributed by atoms with E-state index in [2.05, 4.69) is 17.1 Å². The lowest BCUT2D eigenvalue weighted by molar-refractivity contribution is 0.103. The van der Waals surface area contributed by atoms with Crippen LogP contribution in [0, 0.1) is 26.0 Å². The Balaban J connectivity index is 2.46. The van der Waals surface area contributed by atoms with Crippen LogP contribution in [-0.4, -0.2) is 10.8 Å². The van der Waals surface area contributed by atoms with Gasteiger partial charge in [0.15, 0.2) is 0 Å². The second-order valence-electron chi connectivity index (χ2n) is 3.65. The van der Waals surface area contributed by atoms with Gasteiger partial charge < -0.3 is 0 Å². The number of ketones is 1. The van der Waals surface area contributed by atoms with Gasteiger partial charge in [-0.15, -0.1) is 0 Å². The SMILES string of the molecule is Cc1cccc(C(=O)c2cc#ccn2)c1C. The number of hydrogen-bond donors (Lipinski definition) is 0. The predicted molar refractivity (Wildman–Crippen MR) is 61.3 cm³/mol. The minimum absolute atomic E-state index is 0.0635. The van der Waals surface area contributed by atoms with Gasteiger partial charge in [0.2, 0.25) is 5.78 Å². The van der Waals surface area contributed by atoms with E-state index in [0.717, 1.165) is 11.1 Å². The fourth-order valence-electron chi connectivity index (χ4n) is 1.55. The molecule has 0 spiro atoms. The van der Waals surface area contributed by atoms with Crippen molar-refractivity contribution >= 4 is 5.78 Å². The van der Waals surface area contributed by atoms with Crippen LogP contribution in [0.3, 0.4) is 0 Å². The fraction of sp³-hybridized carbons (Fsp3) is 0.143. The summed E-state index contributed by atoms with van der Waals surface area (Å²) in [5, 5.41) is 0. The largest absolute Gasteiger partial charge is 0.287 e. The lowest BCUT2D eigenvalue weighted by Crippen LogP contribution is -2.06. The van der Waals surface area contributed by atoms with Gasteiger partial charge in [-0.05, 0) is 31.0 Å². The third kappa shape index (κ3) is 1.80. The molecular weight excluding hydrogens is 198 g/mol. The first-order chi connectivity index (χ1) is 7.70. The van der Waals surface area contributed by atoms with Crippen LogP contribution in [0.15, 0.2) is 30.5 Å². The Bertz CT molecular complexity index is 518. The van der Waals surface area contributed by atoms with Crippen LogP contribution < -0.4 is 0 Å². The molecule has 0 bridgehead atoms. The zero-order valence-corrected chi connectivity index (χ0v) is 9.24. The summed E-state index contributed by atoms with van der Waals surface area (Å²) in [5.74, 6) is -0.0635. The summed E-state index contributed by atoms with van der Waals surface area (Å²) in [6, 6.07) is 12.7. The number of carbonyl (C=O) groups excluding carboxylic acids is 1. The molecule has 0 radical (unpaired) electrons. The molecule has 0 saturated heterocycles. The Morgan fingerprint density at radius 2 is 2.06 bits per heavy atom. The molecule has 1 heterocycles. The molecule has 1 aromatic heterocycles. The standard InChI is InChI=1S/C14H11NO/c1-10-6-5-7-12(11(10)2)14(16)13-8-3-4-9-15-13/h5-9H,1-2H3. The van der Waals surface area contributed by atoms with E-state index >= 15 is 0 Å². The highest BCUT2D eigenvalue weighted by molar-refractivity contribution is 6.08. The summed E-state index contributed by atoms with van der Waals surface area (Å²) in [7, 11) is 0. The van der Waals surface area contributed by atoms with Crippen molar-refractivity contribution in [3.63, 3.8) is 0 Å². The van der Waals surface area contributed by atoms with E-state index in [4.69, 9.17) is 0 Å². The van der Waals surface area contributed by atoms with Crippen molar-refractivity contribution in [1.29, 1.82) is 0 Å². The smallest absolute Gasteiger partial charge is 0.212 e. The van der Waals surface area contributed by atoms with Crippen LogP contribution in [0.4, 0.5) is 0 Å². The van der Waals surface area contributed by atoms with Crippen molar-refractivity contribution in [1.82, 2.24) is 4.98 Å². The fourth-order valence-corrected chi connectivity index (χ4v) is 1.55. The Morgan fingerprint density at radius 3 is 2.75 bits per heavy atom. The Labute approximate surface area is 95.0 Å². The number of aryl methyl sites for hydroxylation is 1. The van der Waals surface area contributed by atoms with Crippen LogP contribution in [0.2, 0.25) is 0 Å². The van der Waals surface area contributed by atoms with E-state index in [1.54, 1.807) is 6.07 Å². The summed E-state index contributed by atoms with van der Waals surface area (Å²) < 4.78 is 0. The van der Waals surface area contributed by atoms with E-state index < -0.39 is 0 Å². The number of hydrogen-bond acceptors (Lipinski definition) is 2. The van der Waals surface area contributed by atoms with Gasteiger partial charge in [-0.3, -0.25) is 4.79 Å². The van der Waals surface area contributed by atoms with E-state index in [1.807, 2.05) is 32.0 Å². The maximum Gasteiger partial charge on any atom is 0.212 e. The second-order valence-corrected chi connectivity index (χ2v) is 3.65. The van der Waals surface area contributed by atoms with Gasteiger partial charge in [-0.25, -0.2) is 4.98 Å². The molecule has 2 aromatic rings. The molecule has 0 atom stereocenters. The topological polar surface area (TPSA) is 30.0 Å². The average Bonchev–Trinajstić information content (AvgIpc) is 2.33. The predicted octanol–water partition coefficient (Wildman–Crippen LogP) is 2.53. The summed E-state index contributed by atoms with van der Waals surface area (Å²) in [6.07, 6.45) is 1.46. The third-order valence-corrected chi connectivity index (χ3v) is 2.64. The number of nitrogens with zero attached hydrogens (tertiary/aromatic N) is 1.